The summed E-state index contributed by atoms with van der Waals surface area (Å²) in [5.74, 6) is 0.228. The van der Waals surface area contributed by atoms with Gasteiger partial charge in [-0.15, -0.1) is 0 Å². The molecule has 0 radical (unpaired) electrons. The molecule has 0 saturated carbocycles. The highest BCUT2D eigenvalue weighted by Gasteiger charge is 2.18. The molecule has 2 N–H and O–H groups in total. The summed E-state index contributed by atoms with van der Waals surface area (Å²) in [6.45, 7) is 3.37. The summed E-state index contributed by atoms with van der Waals surface area (Å²) < 4.78 is 32.8. The van der Waals surface area contributed by atoms with Crippen LogP contribution in [0.3, 0.4) is 0 Å². The van der Waals surface area contributed by atoms with Crippen molar-refractivity contribution in [3.8, 4) is 5.75 Å². The maximum absolute atomic E-state index is 12.5. The number of hydrogen-bond acceptors (Lipinski definition) is 6. The smallest absolute Gasteiger partial charge is 0.265 e. The lowest BCUT2D eigenvalue weighted by molar-refractivity contribution is -0.122. The molecule has 0 saturated heterocycles. The molecule has 0 aliphatic rings. The zero-order valence-electron chi connectivity index (χ0n) is 15.9. The minimum atomic E-state index is -3.84. The Morgan fingerprint density at radius 1 is 1.03 bits per heavy atom. The molecule has 8 nitrogen and oxygen atoms in total. The Hall–Kier alpha value is -3.46. The fourth-order valence-electron chi connectivity index (χ4n) is 2.40. The van der Waals surface area contributed by atoms with Gasteiger partial charge in [-0.2, -0.15) is 0 Å². The molecule has 0 aliphatic carbocycles. The van der Waals surface area contributed by atoms with Crippen molar-refractivity contribution in [2.45, 2.75) is 24.8 Å². The number of nitrogens with one attached hydrogen (secondary N) is 2. The number of aromatic nitrogens is 2. The highest BCUT2D eigenvalue weighted by molar-refractivity contribution is 7.92. The van der Waals surface area contributed by atoms with Crippen LogP contribution in [0.25, 0.3) is 0 Å². The number of rotatable bonds is 7. The molecule has 29 heavy (non-hydrogen) atoms. The van der Waals surface area contributed by atoms with E-state index in [2.05, 4.69) is 20.0 Å². The van der Waals surface area contributed by atoms with Crippen molar-refractivity contribution in [2.24, 2.45) is 0 Å². The van der Waals surface area contributed by atoms with E-state index < -0.39 is 16.1 Å². The summed E-state index contributed by atoms with van der Waals surface area (Å²) in [6.07, 6.45) is 0.748. The van der Waals surface area contributed by atoms with Crippen LogP contribution in [0, 0.1) is 6.92 Å². The van der Waals surface area contributed by atoms with Crippen LogP contribution in [0.4, 0.5) is 11.6 Å². The molecule has 3 rings (SSSR count). The molecule has 1 unspecified atom stereocenters. The summed E-state index contributed by atoms with van der Waals surface area (Å²) in [5.41, 5.74) is 1.09. The monoisotopic (exact) mass is 412 g/mol. The summed E-state index contributed by atoms with van der Waals surface area (Å²) >= 11 is 0. The van der Waals surface area contributed by atoms with E-state index >= 15 is 0 Å². The zero-order chi connectivity index (χ0) is 20.9. The van der Waals surface area contributed by atoms with Crippen molar-refractivity contribution in [1.82, 2.24) is 9.97 Å². The molecule has 1 aromatic heterocycles. The average Bonchev–Trinajstić information content (AvgIpc) is 2.69. The first kappa shape index (κ1) is 20.3. The largest absolute Gasteiger partial charge is 0.481 e. The number of para-hydroxylation sites is 1. The van der Waals surface area contributed by atoms with Crippen LogP contribution in [0.2, 0.25) is 0 Å². The molecule has 150 valence electrons. The van der Waals surface area contributed by atoms with Gasteiger partial charge in [0.25, 0.3) is 15.9 Å². The van der Waals surface area contributed by atoms with Crippen molar-refractivity contribution >= 4 is 27.6 Å². The van der Waals surface area contributed by atoms with E-state index in [1.807, 2.05) is 18.2 Å². The van der Waals surface area contributed by atoms with Gasteiger partial charge in [-0.3, -0.25) is 4.79 Å². The number of aryl methyl sites for hydroxylation is 1. The van der Waals surface area contributed by atoms with Crippen molar-refractivity contribution in [3.05, 3.63) is 72.6 Å². The van der Waals surface area contributed by atoms with Crippen molar-refractivity contribution in [2.75, 3.05) is 10.0 Å². The number of benzene rings is 2. The lowest BCUT2D eigenvalue weighted by Crippen LogP contribution is -2.30. The minimum absolute atomic E-state index is 0.00531. The van der Waals surface area contributed by atoms with Gasteiger partial charge in [0.1, 0.15) is 5.75 Å². The molecular weight excluding hydrogens is 392 g/mol. The van der Waals surface area contributed by atoms with E-state index in [0.717, 1.165) is 0 Å². The van der Waals surface area contributed by atoms with Gasteiger partial charge in [0.2, 0.25) is 5.95 Å². The predicted octanol–water partition coefficient (Wildman–Crippen LogP) is 2.99. The molecule has 1 amide bonds. The van der Waals surface area contributed by atoms with Gasteiger partial charge >= 0.3 is 0 Å². The van der Waals surface area contributed by atoms with E-state index in [9.17, 15) is 13.2 Å². The molecule has 1 atom stereocenters. The molecule has 0 fully saturated rings. The number of sulfonamides is 1. The van der Waals surface area contributed by atoms with E-state index in [-0.39, 0.29) is 16.8 Å². The van der Waals surface area contributed by atoms with Gasteiger partial charge < -0.3 is 10.1 Å². The second kappa shape index (κ2) is 8.70. The Kier molecular flexibility index (Phi) is 6.08. The van der Waals surface area contributed by atoms with Crippen LogP contribution in [0.15, 0.2) is 71.8 Å². The standard InChI is InChI=1S/C20H20N4O4S/c1-14-12-13-21-20(22-14)24-29(26,27)18-10-8-16(9-11-18)23-19(25)15(2)28-17-6-4-3-5-7-17/h3-13,15H,1-2H3,(H,23,25)(H,21,22,24). The maximum atomic E-state index is 12.5. The van der Waals surface area contributed by atoms with E-state index in [0.29, 0.717) is 17.1 Å². The molecule has 1 heterocycles. The third kappa shape index (κ3) is 5.52. The van der Waals surface area contributed by atoms with E-state index in [1.165, 1.54) is 30.5 Å². The quantitative estimate of drug-likeness (QED) is 0.617. The van der Waals surface area contributed by atoms with Gasteiger partial charge in [0, 0.05) is 17.6 Å². The topological polar surface area (TPSA) is 110 Å². The van der Waals surface area contributed by atoms with Crippen molar-refractivity contribution in [3.63, 3.8) is 0 Å². The molecule has 0 spiro atoms. The van der Waals surface area contributed by atoms with Crippen LogP contribution in [-0.4, -0.2) is 30.4 Å². The Balaban J connectivity index is 1.64. The molecule has 2 aromatic carbocycles. The number of amides is 1. The zero-order valence-corrected chi connectivity index (χ0v) is 16.7. The summed E-state index contributed by atoms with van der Waals surface area (Å²) in [4.78, 5) is 20.2. The molecule has 0 aliphatic heterocycles. The molecule has 9 heteroatoms. The number of anilines is 2. The lowest BCUT2D eigenvalue weighted by Gasteiger charge is -2.15. The van der Waals surface area contributed by atoms with Crippen molar-refractivity contribution < 1.29 is 17.9 Å². The maximum Gasteiger partial charge on any atom is 0.265 e. The highest BCUT2D eigenvalue weighted by Crippen LogP contribution is 2.17. The highest BCUT2D eigenvalue weighted by atomic mass is 32.2. The second-order valence-corrected chi connectivity index (χ2v) is 7.90. The Bertz CT molecular complexity index is 1090. The fourth-order valence-corrected chi connectivity index (χ4v) is 3.35. The number of nitrogens with zero attached hydrogens (tertiary/aromatic N) is 2. The summed E-state index contributed by atoms with van der Waals surface area (Å²) in [6, 6.07) is 16.4. The molecular formula is C20H20N4O4S. The van der Waals surface area contributed by atoms with Gasteiger partial charge in [-0.1, -0.05) is 18.2 Å². The Morgan fingerprint density at radius 2 is 1.72 bits per heavy atom. The van der Waals surface area contributed by atoms with Gasteiger partial charge in [0.05, 0.1) is 4.90 Å². The van der Waals surface area contributed by atoms with Gasteiger partial charge in [-0.05, 0) is 56.3 Å². The number of carbonyl (C=O) groups excluding carboxylic acids is 1. The summed E-state index contributed by atoms with van der Waals surface area (Å²) in [7, 11) is -3.84. The van der Waals surface area contributed by atoms with Crippen LogP contribution in [0.1, 0.15) is 12.6 Å². The third-order valence-electron chi connectivity index (χ3n) is 3.88. The second-order valence-electron chi connectivity index (χ2n) is 6.21. The van der Waals surface area contributed by atoms with Crippen LogP contribution >= 0.6 is 0 Å². The minimum Gasteiger partial charge on any atom is -0.481 e. The third-order valence-corrected chi connectivity index (χ3v) is 5.22. The van der Waals surface area contributed by atoms with Crippen LogP contribution in [-0.2, 0) is 14.8 Å². The van der Waals surface area contributed by atoms with Gasteiger partial charge in [0.15, 0.2) is 6.10 Å². The van der Waals surface area contributed by atoms with E-state index in [4.69, 9.17) is 4.74 Å². The number of ether oxygens (including phenoxy) is 1. The van der Waals surface area contributed by atoms with Crippen LogP contribution < -0.4 is 14.8 Å². The Labute approximate surface area is 169 Å². The van der Waals surface area contributed by atoms with E-state index in [1.54, 1.807) is 32.0 Å². The first-order valence-electron chi connectivity index (χ1n) is 8.78. The van der Waals surface area contributed by atoms with Crippen LogP contribution in [0.5, 0.6) is 5.75 Å². The Morgan fingerprint density at radius 3 is 2.38 bits per heavy atom. The predicted molar refractivity (Wildman–Crippen MR) is 109 cm³/mol. The fraction of sp³-hybridized carbons (Fsp3) is 0.150. The first-order chi connectivity index (χ1) is 13.8. The molecule has 0 bridgehead atoms. The normalized spacial score (nSPS) is 12.1. The summed E-state index contributed by atoms with van der Waals surface area (Å²) in [5, 5.41) is 2.69. The lowest BCUT2D eigenvalue weighted by atomic mass is 10.3. The first-order valence-corrected chi connectivity index (χ1v) is 10.3. The average molecular weight is 412 g/mol. The SMILES string of the molecule is Cc1ccnc(NS(=O)(=O)c2ccc(NC(=O)C(C)Oc3ccccc3)cc2)n1. The molecule has 3 aromatic rings. The van der Waals surface area contributed by atoms with Gasteiger partial charge in [-0.25, -0.2) is 23.1 Å². The number of hydrogen-bond donors (Lipinski definition) is 2. The van der Waals surface area contributed by atoms with Crippen molar-refractivity contribution in [1.29, 1.82) is 0 Å². The number of carbonyl (C=O) groups is 1.